The Kier molecular flexibility index (Phi) is 6.92. The molecule has 0 radical (unpaired) electrons. The van der Waals surface area contributed by atoms with Gasteiger partial charge in [-0.25, -0.2) is 10.4 Å². The molecule has 0 aliphatic heterocycles. The third-order valence-electron chi connectivity index (χ3n) is 3.71. The zero-order valence-corrected chi connectivity index (χ0v) is 18.0. The average Bonchev–Trinajstić information content (AvgIpc) is 3.11. The summed E-state index contributed by atoms with van der Waals surface area (Å²) in [5, 5.41) is 18.2. The number of alkyl halides is 3. The molecule has 2 aromatic carbocycles. The molecule has 0 bridgehead atoms. The zero-order chi connectivity index (χ0) is 21.7. The highest BCUT2D eigenvalue weighted by Gasteiger charge is 2.30. The van der Waals surface area contributed by atoms with Crippen LogP contribution < -0.4 is 10.7 Å². The molecule has 30 heavy (non-hydrogen) atoms. The fourth-order valence-corrected chi connectivity index (χ4v) is 3.60. The smallest absolute Gasteiger partial charge is 0.416 e. The van der Waals surface area contributed by atoms with E-state index >= 15 is 0 Å². The first-order chi connectivity index (χ1) is 14.2. The summed E-state index contributed by atoms with van der Waals surface area (Å²) in [4.78, 5) is 16.2. The molecule has 11 heteroatoms. The lowest BCUT2D eigenvalue weighted by atomic mass is 10.2. The zero-order valence-electron chi connectivity index (χ0n) is 15.1. The number of phenolic OH excluding ortho intramolecular Hbond substituents is 1. The van der Waals surface area contributed by atoms with Crippen molar-refractivity contribution in [1.29, 1.82) is 0 Å². The molecule has 0 fully saturated rings. The van der Waals surface area contributed by atoms with Crippen LogP contribution in [0.15, 0.2) is 52.9 Å². The first-order valence-electron chi connectivity index (χ1n) is 8.40. The minimum Gasteiger partial charge on any atom is -0.507 e. The summed E-state index contributed by atoms with van der Waals surface area (Å²) in [7, 11) is 0. The van der Waals surface area contributed by atoms with Crippen molar-refractivity contribution in [3.63, 3.8) is 0 Å². The maximum Gasteiger partial charge on any atom is 0.416 e. The molecule has 0 aliphatic carbocycles. The number of aromatic nitrogens is 1. The molecule has 156 valence electrons. The number of hydrazone groups is 1. The van der Waals surface area contributed by atoms with E-state index in [-0.39, 0.29) is 17.9 Å². The van der Waals surface area contributed by atoms with E-state index in [1.807, 2.05) is 22.6 Å². The van der Waals surface area contributed by atoms with Crippen molar-refractivity contribution in [2.75, 3.05) is 5.32 Å². The Morgan fingerprint density at radius 2 is 2.07 bits per heavy atom. The second-order valence-electron chi connectivity index (χ2n) is 6.03. The van der Waals surface area contributed by atoms with Gasteiger partial charge in [0.2, 0.25) is 5.91 Å². The van der Waals surface area contributed by atoms with Gasteiger partial charge in [0.15, 0.2) is 5.13 Å². The molecule has 0 saturated heterocycles. The summed E-state index contributed by atoms with van der Waals surface area (Å²) in [6.45, 7) is 0. The lowest BCUT2D eigenvalue weighted by Gasteiger charge is -2.08. The fourth-order valence-electron chi connectivity index (χ4n) is 2.33. The van der Waals surface area contributed by atoms with Gasteiger partial charge in [0.25, 0.3) is 0 Å². The molecular weight excluding hydrogens is 532 g/mol. The number of carbonyl (C=O) groups is 1. The predicted octanol–water partition coefficient (Wildman–Crippen LogP) is 4.91. The number of hydrogen-bond donors (Lipinski definition) is 3. The Labute approximate surface area is 187 Å². The highest BCUT2D eigenvalue weighted by atomic mass is 127. The number of halogens is 4. The molecule has 3 aromatic rings. The summed E-state index contributed by atoms with van der Waals surface area (Å²) in [5.74, 6) is -0.231. The minimum atomic E-state index is -4.43. The van der Waals surface area contributed by atoms with Crippen LogP contribution in [0.2, 0.25) is 0 Å². The van der Waals surface area contributed by atoms with Gasteiger partial charge in [-0.3, -0.25) is 4.79 Å². The number of carbonyl (C=O) groups excluding carboxylic acids is 1. The van der Waals surface area contributed by atoms with Crippen LogP contribution in [-0.4, -0.2) is 22.2 Å². The van der Waals surface area contributed by atoms with E-state index in [1.165, 1.54) is 35.8 Å². The molecule has 0 atom stereocenters. The summed E-state index contributed by atoms with van der Waals surface area (Å²) in [6, 6.07) is 9.67. The summed E-state index contributed by atoms with van der Waals surface area (Å²) in [5.41, 5.74) is 3.04. The first kappa shape index (κ1) is 22.0. The number of phenols is 1. The second kappa shape index (κ2) is 9.43. The monoisotopic (exact) mass is 546 g/mol. The standard InChI is InChI=1S/C19H14F3IN4O2S/c20-19(21,22)12-2-1-3-13(7-12)25-18-26-14(10-30-18)8-17(29)27-24-9-11-4-5-16(28)15(23)6-11/h1-7,9-10,28H,8H2,(H,25,26)(H,27,29)/b24-9-. The van der Waals surface area contributed by atoms with Crippen LogP contribution >= 0.6 is 33.9 Å². The summed E-state index contributed by atoms with van der Waals surface area (Å²) < 4.78 is 39.0. The molecule has 1 heterocycles. The van der Waals surface area contributed by atoms with Crippen molar-refractivity contribution in [1.82, 2.24) is 10.4 Å². The van der Waals surface area contributed by atoms with Gasteiger partial charge in [0.1, 0.15) is 5.75 Å². The molecule has 3 rings (SSSR count). The van der Waals surface area contributed by atoms with Gasteiger partial charge in [-0.05, 0) is 64.6 Å². The normalized spacial score (nSPS) is 11.6. The Morgan fingerprint density at radius 3 is 2.80 bits per heavy atom. The number of nitrogens with zero attached hydrogens (tertiary/aromatic N) is 2. The van der Waals surface area contributed by atoms with Crippen LogP contribution in [0.3, 0.4) is 0 Å². The fraction of sp³-hybridized carbons (Fsp3) is 0.105. The summed E-state index contributed by atoms with van der Waals surface area (Å²) >= 11 is 3.15. The lowest BCUT2D eigenvalue weighted by molar-refractivity contribution is -0.137. The van der Waals surface area contributed by atoms with Gasteiger partial charge in [0.05, 0.1) is 27.5 Å². The lowest BCUT2D eigenvalue weighted by Crippen LogP contribution is -2.19. The number of aromatic hydroxyl groups is 1. The Morgan fingerprint density at radius 1 is 1.27 bits per heavy atom. The maximum atomic E-state index is 12.8. The van der Waals surface area contributed by atoms with Crippen LogP contribution in [0.5, 0.6) is 5.75 Å². The van der Waals surface area contributed by atoms with E-state index in [2.05, 4.69) is 20.8 Å². The molecule has 6 nitrogen and oxygen atoms in total. The number of thiazole rings is 1. The molecule has 1 aromatic heterocycles. The highest BCUT2D eigenvalue weighted by Crippen LogP contribution is 2.31. The second-order valence-corrected chi connectivity index (χ2v) is 8.05. The Hall–Kier alpha value is -2.67. The molecule has 0 spiro atoms. The van der Waals surface area contributed by atoms with Crippen molar-refractivity contribution in [2.45, 2.75) is 12.6 Å². The highest BCUT2D eigenvalue weighted by molar-refractivity contribution is 14.1. The third-order valence-corrected chi connectivity index (χ3v) is 5.38. The molecule has 0 aliphatic rings. The van der Waals surface area contributed by atoms with Crippen molar-refractivity contribution in [3.8, 4) is 5.75 Å². The SMILES string of the molecule is O=C(Cc1csc(Nc2cccc(C(F)(F)F)c2)n1)N/N=C\c1ccc(O)c(I)c1. The van der Waals surface area contributed by atoms with Crippen LogP contribution in [0.25, 0.3) is 0 Å². The van der Waals surface area contributed by atoms with Crippen LogP contribution in [0.4, 0.5) is 24.0 Å². The van der Waals surface area contributed by atoms with Crippen molar-refractivity contribution < 1.29 is 23.1 Å². The van der Waals surface area contributed by atoms with E-state index in [0.717, 1.165) is 12.1 Å². The van der Waals surface area contributed by atoms with E-state index in [0.29, 0.717) is 20.0 Å². The van der Waals surface area contributed by atoms with Crippen LogP contribution in [-0.2, 0) is 17.4 Å². The van der Waals surface area contributed by atoms with Crippen LogP contribution in [0, 0.1) is 3.57 Å². The number of rotatable bonds is 6. The predicted molar refractivity (Wildman–Crippen MR) is 117 cm³/mol. The number of hydrogen-bond acceptors (Lipinski definition) is 6. The van der Waals surface area contributed by atoms with Crippen LogP contribution in [0.1, 0.15) is 16.8 Å². The molecule has 0 saturated carbocycles. The van der Waals surface area contributed by atoms with Gasteiger partial charge in [-0.1, -0.05) is 6.07 Å². The number of nitrogens with one attached hydrogen (secondary N) is 2. The minimum absolute atomic E-state index is 0.0365. The number of anilines is 2. The van der Waals surface area contributed by atoms with E-state index in [1.54, 1.807) is 17.5 Å². The van der Waals surface area contributed by atoms with Crippen molar-refractivity contribution in [3.05, 3.63) is 68.2 Å². The molecule has 3 N–H and O–H groups in total. The van der Waals surface area contributed by atoms with E-state index in [4.69, 9.17) is 0 Å². The van der Waals surface area contributed by atoms with Crippen molar-refractivity contribution >= 4 is 56.9 Å². The molecular formula is C19H14F3IN4O2S. The largest absolute Gasteiger partial charge is 0.507 e. The Bertz CT molecular complexity index is 1090. The molecule has 0 unspecified atom stereocenters. The maximum absolute atomic E-state index is 12.8. The summed E-state index contributed by atoms with van der Waals surface area (Å²) in [6.07, 6.45) is -3.02. The van der Waals surface area contributed by atoms with Gasteiger partial charge in [0, 0.05) is 11.1 Å². The molecule has 1 amide bonds. The first-order valence-corrected chi connectivity index (χ1v) is 10.4. The number of amides is 1. The van der Waals surface area contributed by atoms with Gasteiger partial charge in [-0.2, -0.15) is 18.3 Å². The third kappa shape index (κ3) is 6.16. The average molecular weight is 546 g/mol. The number of benzene rings is 2. The van der Waals surface area contributed by atoms with Crippen molar-refractivity contribution in [2.24, 2.45) is 5.10 Å². The van der Waals surface area contributed by atoms with E-state index < -0.39 is 17.6 Å². The van der Waals surface area contributed by atoms with Gasteiger partial charge >= 0.3 is 6.18 Å². The van der Waals surface area contributed by atoms with E-state index in [9.17, 15) is 23.1 Å². The quantitative estimate of drug-likeness (QED) is 0.233. The Balaban J connectivity index is 1.55. The van der Waals surface area contributed by atoms with Gasteiger partial charge in [-0.15, -0.1) is 11.3 Å². The van der Waals surface area contributed by atoms with Gasteiger partial charge < -0.3 is 10.4 Å². The topological polar surface area (TPSA) is 86.6 Å².